The first-order valence-electron chi connectivity index (χ1n) is 5.60. The highest BCUT2D eigenvalue weighted by Crippen LogP contribution is 2.28. The second-order valence-corrected chi connectivity index (χ2v) is 3.88. The van der Waals surface area contributed by atoms with Crippen molar-refractivity contribution in [1.29, 1.82) is 0 Å². The van der Waals surface area contributed by atoms with E-state index in [1.54, 1.807) is 18.3 Å². The summed E-state index contributed by atoms with van der Waals surface area (Å²) in [5.74, 6) is 1.04. The molecule has 0 N–H and O–H groups in total. The van der Waals surface area contributed by atoms with E-state index in [-0.39, 0.29) is 5.82 Å². The maximum absolute atomic E-state index is 12.8. The first-order valence-corrected chi connectivity index (χ1v) is 5.60. The van der Waals surface area contributed by atoms with E-state index < -0.39 is 0 Å². The predicted molar refractivity (Wildman–Crippen MR) is 68.2 cm³/mol. The number of pyridine rings is 1. The lowest BCUT2D eigenvalue weighted by atomic mass is 10.2. The Labute approximate surface area is 104 Å². The van der Waals surface area contributed by atoms with Gasteiger partial charge in [0.05, 0.1) is 5.52 Å². The SMILES string of the molecule is Fc1ccc(Oc2cccc3ncccc23)cc1. The molecule has 0 aliphatic heterocycles. The third-order valence-electron chi connectivity index (χ3n) is 2.65. The fourth-order valence-electron chi connectivity index (χ4n) is 1.79. The van der Waals surface area contributed by atoms with Gasteiger partial charge in [0, 0.05) is 11.6 Å². The van der Waals surface area contributed by atoms with E-state index in [4.69, 9.17) is 4.74 Å². The van der Waals surface area contributed by atoms with Crippen molar-refractivity contribution in [2.24, 2.45) is 0 Å². The van der Waals surface area contributed by atoms with Crippen molar-refractivity contribution in [3.63, 3.8) is 0 Å². The van der Waals surface area contributed by atoms with Crippen LogP contribution in [0, 0.1) is 5.82 Å². The number of aromatic nitrogens is 1. The summed E-state index contributed by atoms with van der Waals surface area (Å²) in [6.07, 6.45) is 1.74. The quantitative estimate of drug-likeness (QED) is 0.669. The van der Waals surface area contributed by atoms with E-state index in [1.807, 2.05) is 30.3 Å². The van der Waals surface area contributed by atoms with Gasteiger partial charge in [-0.2, -0.15) is 0 Å². The Morgan fingerprint density at radius 3 is 2.56 bits per heavy atom. The van der Waals surface area contributed by atoms with Gasteiger partial charge in [-0.3, -0.25) is 4.98 Å². The average Bonchev–Trinajstić information content (AvgIpc) is 2.42. The molecule has 0 unspecified atom stereocenters. The first-order chi connectivity index (χ1) is 8.83. The number of benzene rings is 2. The van der Waals surface area contributed by atoms with Crippen molar-refractivity contribution >= 4 is 10.9 Å². The molecule has 3 aromatic rings. The Morgan fingerprint density at radius 1 is 0.889 bits per heavy atom. The van der Waals surface area contributed by atoms with Crippen LogP contribution in [0.25, 0.3) is 10.9 Å². The average molecular weight is 239 g/mol. The monoisotopic (exact) mass is 239 g/mol. The Bertz CT molecular complexity index is 674. The lowest BCUT2D eigenvalue weighted by Crippen LogP contribution is -1.87. The van der Waals surface area contributed by atoms with E-state index in [0.717, 1.165) is 10.9 Å². The molecule has 0 amide bonds. The molecule has 1 aromatic heterocycles. The van der Waals surface area contributed by atoms with E-state index in [1.165, 1.54) is 12.1 Å². The highest BCUT2D eigenvalue weighted by molar-refractivity contribution is 5.85. The van der Waals surface area contributed by atoms with Gasteiger partial charge in [-0.25, -0.2) is 4.39 Å². The normalized spacial score (nSPS) is 10.5. The third-order valence-corrected chi connectivity index (χ3v) is 2.65. The summed E-state index contributed by atoms with van der Waals surface area (Å²) in [4.78, 5) is 4.26. The van der Waals surface area contributed by atoms with Crippen molar-refractivity contribution in [2.75, 3.05) is 0 Å². The van der Waals surface area contributed by atoms with Gasteiger partial charge in [0.1, 0.15) is 17.3 Å². The van der Waals surface area contributed by atoms with Crippen LogP contribution >= 0.6 is 0 Å². The van der Waals surface area contributed by atoms with Crippen LogP contribution in [0.15, 0.2) is 60.8 Å². The van der Waals surface area contributed by atoms with Crippen LogP contribution in [-0.2, 0) is 0 Å². The van der Waals surface area contributed by atoms with Crippen molar-refractivity contribution in [2.45, 2.75) is 0 Å². The van der Waals surface area contributed by atoms with Crippen molar-refractivity contribution < 1.29 is 9.13 Å². The van der Waals surface area contributed by atoms with Gasteiger partial charge in [0.15, 0.2) is 0 Å². The number of halogens is 1. The van der Waals surface area contributed by atoms with Gasteiger partial charge in [-0.05, 0) is 48.5 Å². The summed E-state index contributed by atoms with van der Waals surface area (Å²) in [7, 11) is 0. The highest BCUT2D eigenvalue weighted by atomic mass is 19.1. The van der Waals surface area contributed by atoms with Crippen LogP contribution in [0.1, 0.15) is 0 Å². The molecular formula is C15H10FNO. The Kier molecular flexibility index (Phi) is 2.65. The molecule has 0 fully saturated rings. The molecule has 2 nitrogen and oxygen atoms in total. The zero-order valence-electron chi connectivity index (χ0n) is 9.51. The number of hydrogen-bond donors (Lipinski definition) is 0. The molecule has 0 saturated carbocycles. The maximum atomic E-state index is 12.8. The van der Waals surface area contributed by atoms with Crippen LogP contribution in [-0.4, -0.2) is 4.98 Å². The van der Waals surface area contributed by atoms with Crippen LogP contribution in [0.4, 0.5) is 4.39 Å². The molecule has 1 heterocycles. The molecular weight excluding hydrogens is 229 g/mol. The van der Waals surface area contributed by atoms with Gasteiger partial charge >= 0.3 is 0 Å². The van der Waals surface area contributed by atoms with E-state index in [0.29, 0.717) is 11.5 Å². The standard InChI is InChI=1S/C15H10FNO/c16-11-6-8-12(9-7-11)18-15-5-1-4-14-13(15)3-2-10-17-14/h1-10H. The molecule has 0 atom stereocenters. The van der Waals surface area contributed by atoms with Gasteiger partial charge in [0.25, 0.3) is 0 Å². The number of hydrogen-bond acceptors (Lipinski definition) is 2. The second-order valence-electron chi connectivity index (χ2n) is 3.88. The summed E-state index contributed by atoms with van der Waals surface area (Å²) in [6.45, 7) is 0. The third kappa shape index (κ3) is 2.02. The molecule has 0 bridgehead atoms. The summed E-state index contributed by atoms with van der Waals surface area (Å²) >= 11 is 0. The summed E-state index contributed by atoms with van der Waals surface area (Å²) in [6, 6.07) is 15.4. The lowest BCUT2D eigenvalue weighted by molar-refractivity contribution is 0.486. The van der Waals surface area contributed by atoms with Gasteiger partial charge in [-0.15, -0.1) is 0 Å². The lowest BCUT2D eigenvalue weighted by Gasteiger charge is -2.08. The fraction of sp³-hybridized carbons (Fsp3) is 0. The van der Waals surface area contributed by atoms with Crippen molar-refractivity contribution in [1.82, 2.24) is 4.98 Å². The molecule has 0 spiro atoms. The highest BCUT2D eigenvalue weighted by Gasteiger charge is 2.03. The Balaban J connectivity index is 2.02. The van der Waals surface area contributed by atoms with E-state index in [9.17, 15) is 4.39 Å². The number of fused-ring (bicyclic) bond motifs is 1. The van der Waals surface area contributed by atoms with Crippen LogP contribution < -0.4 is 4.74 Å². The molecule has 0 aliphatic carbocycles. The summed E-state index contributed by atoms with van der Waals surface area (Å²) < 4.78 is 18.6. The van der Waals surface area contributed by atoms with Gasteiger partial charge < -0.3 is 4.74 Å². The van der Waals surface area contributed by atoms with Crippen LogP contribution in [0.3, 0.4) is 0 Å². The molecule has 3 heteroatoms. The topological polar surface area (TPSA) is 22.1 Å². The molecule has 0 radical (unpaired) electrons. The minimum atomic E-state index is -0.276. The maximum Gasteiger partial charge on any atom is 0.136 e. The molecule has 0 saturated heterocycles. The zero-order valence-corrected chi connectivity index (χ0v) is 9.51. The smallest absolute Gasteiger partial charge is 0.136 e. The van der Waals surface area contributed by atoms with Gasteiger partial charge in [-0.1, -0.05) is 6.07 Å². The minimum absolute atomic E-state index is 0.276. The van der Waals surface area contributed by atoms with Crippen molar-refractivity contribution in [3.8, 4) is 11.5 Å². The van der Waals surface area contributed by atoms with Crippen LogP contribution in [0.2, 0.25) is 0 Å². The Hall–Kier alpha value is -2.42. The first kappa shape index (κ1) is 10.7. The van der Waals surface area contributed by atoms with E-state index in [2.05, 4.69) is 4.98 Å². The Morgan fingerprint density at radius 2 is 1.72 bits per heavy atom. The molecule has 2 aromatic carbocycles. The summed E-state index contributed by atoms with van der Waals surface area (Å²) in [5.41, 5.74) is 0.872. The fourth-order valence-corrected chi connectivity index (χ4v) is 1.79. The largest absolute Gasteiger partial charge is 0.457 e. The number of ether oxygens (including phenoxy) is 1. The molecule has 3 rings (SSSR count). The predicted octanol–water partition coefficient (Wildman–Crippen LogP) is 4.17. The minimum Gasteiger partial charge on any atom is -0.457 e. The van der Waals surface area contributed by atoms with Crippen molar-refractivity contribution in [3.05, 3.63) is 66.6 Å². The summed E-state index contributed by atoms with van der Waals surface area (Å²) in [5, 5.41) is 0.935. The van der Waals surface area contributed by atoms with E-state index >= 15 is 0 Å². The zero-order chi connectivity index (χ0) is 12.4. The second kappa shape index (κ2) is 4.45. The molecule has 88 valence electrons. The van der Waals surface area contributed by atoms with Gasteiger partial charge in [0.2, 0.25) is 0 Å². The molecule has 18 heavy (non-hydrogen) atoms. The number of rotatable bonds is 2. The van der Waals surface area contributed by atoms with Crippen LogP contribution in [0.5, 0.6) is 11.5 Å². The number of nitrogens with zero attached hydrogens (tertiary/aromatic N) is 1. The molecule has 0 aliphatic rings.